The molecular weight excluding hydrogens is 390 g/mol. The summed E-state index contributed by atoms with van der Waals surface area (Å²) >= 11 is 0. The van der Waals surface area contributed by atoms with Crippen molar-refractivity contribution in [2.24, 2.45) is 4.99 Å². The number of carbonyl (C=O) groups is 1. The SMILES string of the molecule is CN=C(NCc1ccccc1OC1CCC1)N1CCN(C(C)C(=O)N2CCCC2)CC1. The number of hydrogen-bond donors (Lipinski definition) is 1. The van der Waals surface area contributed by atoms with Gasteiger partial charge in [0.15, 0.2) is 5.96 Å². The Bertz CT molecular complexity index is 765. The summed E-state index contributed by atoms with van der Waals surface area (Å²) in [6.07, 6.45) is 6.25. The minimum atomic E-state index is -0.0363. The standard InChI is InChI=1S/C24H37N5O2/c1-19(23(30)28-12-5-6-13-28)27-14-16-29(17-15-27)24(25-2)26-18-20-8-3-4-11-22(20)31-21-9-7-10-21/h3-4,8,11,19,21H,5-7,9-10,12-18H2,1-2H3,(H,25,26). The topological polar surface area (TPSA) is 60.4 Å². The smallest absolute Gasteiger partial charge is 0.239 e. The molecule has 3 fully saturated rings. The molecule has 1 aromatic rings. The van der Waals surface area contributed by atoms with E-state index in [1.54, 1.807) is 0 Å². The molecule has 2 aliphatic heterocycles. The van der Waals surface area contributed by atoms with Crippen LogP contribution in [0.1, 0.15) is 44.6 Å². The van der Waals surface area contributed by atoms with Crippen molar-refractivity contribution in [3.05, 3.63) is 29.8 Å². The molecule has 0 spiro atoms. The lowest BCUT2D eigenvalue weighted by Crippen LogP contribution is -2.57. The predicted octanol–water partition coefficient (Wildman–Crippen LogP) is 2.32. The number of piperazine rings is 1. The number of para-hydroxylation sites is 1. The van der Waals surface area contributed by atoms with Crippen LogP contribution >= 0.6 is 0 Å². The van der Waals surface area contributed by atoms with Crippen LogP contribution in [-0.4, -0.2) is 85.0 Å². The zero-order valence-corrected chi connectivity index (χ0v) is 19.1. The molecule has 1 aliphatic carbocycles. The zero-order chi connectivity index (χ0) is 21.6. The van der Waals surface area contributed by atoms with Crippen LogP contribution in [0.4, 0.5) is 0 Å². The summed E-state index contributed by atoms with van der Waals surface area (Å²) in [5, 5.41) is 3.52. The van der Waals surface area contributed by atoms with Crippen molar-refractivity contribution in [1.29, 1.82) is 0 Å². The van der Waals surface area contributed by atoms with Crippen molar-refractivity contribution in [2.45, 2.75) is 57.7 Å². The fraction of sp³-hybridized carbons (Fsp3) is 0.667. The Morgan fingerprint density at radius 2 is 1.77 bits per heavy atom. The predicted molar refractivity (Wildman–Crippen MR) is 123 cm³/mol. The number of rotatable bonds is 6. The highest BCUT2D eigenvalue weighted by molar-refractivity contribution is 5.82. The first-order chi connectivity index (χ1) is 15.2. The number of aliphatic imine (C=N–C) groups is 1. The van der Waals surface area contributed by atoms with Gasteiger partial charge in [0.05, 0.1) is 12.1 Å². The molecule has 1 amide bonds. The van der Waals surface area contributed by atoms with Gasteiger partial charge in [-0.25, -0.2) is 0 Å². The Morgan fingerprint density at radius 3 is 2.42 bits per heavy atom. The highest BCUT2D eigenvalue weighted by Crippen LogP contribution is 2.27. The van der Waals surface area contributed by atoms with Crippen LogP contribution in [0.2, 0.25) is 0 Å². The van der Waals surface area contributed by atoms with Gasteiger partial charge in [-0.15, -0.1) is 0 Å². The molecule has 7 heteroatoms. The summed E-state index contributed by atoms with van der Waals surface area (Å²) in [4.78, 5) is 23.9. The van der Waals surface area contributed by atoms with Gasteiger partial charge in [0.2, 0.25) is 5.91 Å². The lowest BCUT2D eigenvalue weighted by atomic mass is 9.96. The van der Waals surface area contributed by atoms with Crippen molar-refractivity contribution >= 4 is 11.9 Å². The molecule has 31 heavy (non-hydrogen) atoms. The normalized spacial score (nSPS) is 21.7. The summed E-state index contributed by atoms with van der Waals surface area (Å²) in [6.45, 7) is 8.10. The molecule has 1 N–H and O–H groups in total. The van der Waals surface area contributed by atoms with E-state index in [1.165, 1.54) is 12.0 Å². The molecule has 1 saturated carbocycles. The van der Waals surface area contributed by atoms with E-state index in [-0.39, 0.29) is 11.9 Å². The minimum absolute atomic E-state index is 0.0363. The molecule has 3 aliphatic rings. The molecular formula is C24H37N5O2. The number of guanidine groups is 1. The Kier molecular flexibility index (Phi) is 7.33. The quantitative estimate of drug-likeness (QED) is 0.558. The third-order valence-corrected chi connectivity index (χ3v) is 6.90. The van der Waals surface area contributed by atoms with Gasteiger partial charge in [-0.2, -0.15) is 0 Å². The highest BCUT2D eigenvalue weighted by atomic mass is 16.5. The van der Waals surface area contributed by atoms with E-state index in [0.29, 0.717) is 12.6 Å². The maximum absolute atomic E-state index is 12.7. The van der Waals surface area contributed by atoms with Crippen LogP contribution in [0.3, 0.4) is 0 Å². The first kappa shape index (κ1) is 21.9. The van der Waals surface area contributed by atoms with Gasteiger partial charge in [0.25, 0.3) is 0 Å². The largest absolute Gasteiger partial charge is 0.490 e. The molecule has 0 bridgehead atoms. The Labute approximate surface area is 186 Å². The monoisotopic (exact) mass is 427 g/mol. The fourth-order valence-electron chi connectivity index (χ4n) is 4.62. The molecule has 1 atom stereocenters. The number of hydrogen-bond acceptors (Lipinski definition) is 4. The molecule has 0 aromatic heterocycles. The van der Waals surface area contributed by atoms with Gasteiger partial charge < -0.3 is 19.9 Å². The maximum Gasteiger partial charge on any atom is 0.239 e. The van der Waals surface area contributed by atoms with Crippen molar-refractivity contribution in [3.8, 4) is 5.75 Å². The van der Waals surface area contributed by atoms with E-state index in [9.17, 15) is 4.79 Å². The maximum atomic E-state index is 12.7. The number of ether oxygens (including phenoxy) is 1. The summed E-state index contributed by atoms with van der Waals surface area (Å²) < 4.78 is 6.16. The van der Waals surface area contributed by atoms with Crippen molar-refractivity contribution in [1.82, 2.24) is 20.0 Å². The second-order valence-electron chi connectivity index (χ2n) is 8.91. The van der Waals surface area contributed by atoms with E-state index < -0.39 is 0 Å². The van der Waals surface area contributed by atoms with Crippen LogP contribution in [0.15, 0.2) is 29.3 Å². The van der Waals surface area contributed by atoms with Gasteiger partial charge in [-0.1, -0.05) is 18.2 Å². The molecule has 4 rings (SSSR count). The van der Waals surface area contributed by atoms with E-state index in [1.807, 2.05) is 18.0 Å². The minimum Gasteiger partial charge on any atom is -0.490 e. The van der Waals surface area contributed by atoms with Crippen LogP contribution in [0.25, 0.3) is 0 Å². The third kappa shape index (κ3) is 5.32. The van der Waals surface area contributed by atoms with Crippen molar-refractivity contribution in [2.75, 3.05) is 46.3 Å². The van der Waals surface area contributed by atoms with E-state index >= 15 is 0 Å². The van der Waals surface area contributed by atoms with Crippen LogP contribution < -0.4 is 10.1 Å². The molecule has 7 nitrogen and oxygen atoms in total. The van der Waals surface area contributed by atoms with E-state index in [2.05, 4.69) is 45.2 Å². The summed E-state index contributed by atoms with van der Waals surface area (Å²) in [7, 11) is 1.84. The molecule has 1 unspecified atom stereocenters. The molecule has 1 aromatic carbocycles. The number of nitrogens with one attached hydrogen (secondary N) is 1. The Balaban J connectivity index is 1.27. The van der Waals surface area contributed by atoms with Crippen LogP contribution in [0.5, 0.6) is 5.75 Å². The van der Waals surface area contributed by atoms with Crippen molar-refractivity contribution < 1.29 is 9.53 Å². The van der Waals surface area contributed by atoms with Gasteiger partial charge in [-0.3, -0.25) is 14.7 Å². The highest BCUT2D eigenvalue weighted by Gasteiger charge is 2.30. The van der Waals surface area contributed by atoms with Gasteiger partial charge >= 0.3 is 0 Å². The van der Waals surface area contributed by atoms with Crippen LogP contribution in [-0.2, 0) is 11.3 Å². The fourth-order valence-corrected chi connectivity index (χ4v) is 4.62. The number of carbonyl (C=O) groups excluding carboxylic acids is 1. The number of amides is 1. The van der Waals surface area contributed by atoms with E-state index in [0.717, 1.165) is 76.7 Å². The molecule has 0 radical (unpaired) electrons. The lowest BCUT2D eigenvalue weighted by molar-refractivity contribution is -0.135. The van der Waals surface area contributed by atoms with Gasteiger partial charge in [-0.05, 0) is 45.1 Å². The average molecular weight is 428 g/mol. The van der Waals surface area contributed by atoms with Gasteiger partial charge in [0, 0.05) is 58.4 Å². The lowest BCUT2D eigenvalue weighted by Gasteiger charge is -2.39. The van der Waals surface area contributed by atoms with Crippen molar-refractivity contribution in [3.63, 3.8) is 0 Å². The second kappa shape index (κ2) is 10.4. The molecule has 2 saturated heterocycles. The van der Waals surface area contributed by atoms with E-state index in [4.69, 9.17) is 4.74 Å². The number of likely N-dealkylation sites (tertiary alicyclic amines) is 1. The summed E-state index contributed by atoms with van der Waals surface area (Å²) in [5.74, 6) is 2.18. The van der Waals surface area contributed by atoms with Gasteiger partial charge in [0.1, 0.15) is 5.75 Å². The summed E-state index contributed by atoms with van der Waals surface area (Å²) in [5.41, 5.74) is 1.17. The second-order valence-corrected chi connectivity index (χ2v) is 8.91. The molecule has 170 valence electrons. The zero-order valence-electron chi connectivity index (χ0n) is 19.1. The Morgan fingerprint density at radius 1 is 1.06 bits per heavy atom. The van der Waals surface area contributed by atoms with Crippen LogP contribution in [0, 0.1) is 0 Å². The average Bonchev–Trinajstić information content (AvgIpc) is 3.32. The Hall–Kier alpha value is -2.28. The first-order valence-corrected chi connectivity index (χ1v) is 11.9. The first-order valence-electron chi connectivity index (χ1n) is 11.9. The third-order valence-electron chi connectivity index (χ3n) is 6.90. The summed E-state index contributed by atoms with van der Waals surface area (Å²) in [6, 6.07) is 8.25. The number of nitrogens with zero attached hydrogens (tertiary/aromatic N) is 4. The number of benzene rings is 1. The molecule has 2 heterocycles.